The molecule has 0 unspecified atom stereocenters. The Labute approximate surface area is 174 Å². The first-order valence-corrected chi connectivity index (χ1v) is 12.4. The van der Waals surface area contributed by atoms with Gasteiger partial charge in [-0.1, -0.05) is 39.3 Å². The van der Waals surface area contributed by atoms with Crippen LogP contribution >= 0.6 is 23.5 Å². The number of hydrogen-bond acceptors (Lipinski definition) is 4. The van der Waals surface area contributed by atoms with Gasteiger partial charge in [0.05, 0.1) is 10.2 Å². The highest BCUT2D eigenvalue weighted by Gasteiger charge is 2.55. The summed E-state index contributed by atoms with van der Waals surface area (Å²) < 4.78 is 6.38. The van der Waals surface area contributed by atoms with Crippen LogP contribution in [0.1, 0.15) is 66.2 Å². The maximum absolute atomic E-state index is 12.9. The highest BCUT2D eigenvalue weighted by molar-refractivity contribution is 8.21. The molecule has 152 valence electrons. The van der Waals surface area contributed by atoms with Crippen LogP contribution in [0.5, 0.6) is 0 Å². The lowest BCUT2D eigenvalue weighted by Crippen LogP contribution is -2.49. The van der Waals surface area contributed by atoms with E-state index in [0.717, 1.165) is 37.7 Å². The van der Waals surface area contributed by atoms with Crippen molar-refractivity contribution in [1.29, 1.82) is 0 Å². The van der Waals surface area contributed by atoms with E-state index in [2.05, 4.69) is 63.9 Å². The van der Waals surface area contributed by atoms with Crippen molar-refractivity contribution in [3.63, 3.8) is 0 Å². The molecule has 0 aromatic carbocycles. The summed E-state index contributed by atoms with van der Waals surface area (Å²) in [4.78, 5) is 12.9. The highest BCUT2D eigenvalue weighted by Crippen LogP contribution is 2.61. The number of thioether (sulfide) groups is 2. The summed E-state index contributed by atoms with van der Waals surface area (Å²) in [6.45, 7) is 13.6. The zero-order valence-electron chi connectivity index (χ0n) is 17.7. The fourth-order valence-electron chi connectivity index (χ4n) is 5.77. The van der Waals surface area contributed by atoms with Gasteiger partial charge in [0.15, 0.2) is 5.78 Å². The molecule has 1 saturated heterocycles. The minimum absolute atomic E-state index is 0.0309. The van der Waals surface area contributed by atoms with Crippen molar-refractivity contribution in [1.82, 2.24) is 0 Å². The van der Waals surface area contributed by atoms with Crippen molar-refractivity contribution < 1.29 is 9.53 Å². The number of ether oxygens (including phenoxy) is 1. The largest absolute Gasteiger partial charge is 0.380 e. The van der Waals surface area contributed by atoms with Crippen LogP contribution < -0.4 is 0 Å². The lowest BCUT2D eigenvalue weighted by atomic mass is 9.59. The lowest BCUT2D eigenvalue weighted by molar-refractivity contribution is -0.118. The smallest absolute Gasteiger partial charge is 0.159 e. The fraction of sp³-hybridized carbons (Fsp3) is 0.783. The van der Waals surface area contributed by atoms with Gasteiger partial charge in [-0.25, -0.2) is 0 Å². The van der Waals surface area contributed by atoms with Gasteiger partial charge in [-0.05, 0) is 38.0 Å². The SMILES string of the molecule is C=C[C@](C)(C[C@@H](OC)[C@@]1(C)C2=C(CCC2=O)CC[C@@H]1C)C1(CC)SCCS1. The fourth-order valence-corrected chi connectivity index (χ4v) is 9.33. The quantitative estimate of drug-likeness (QED) is 0.464. The van der Waals surface area contributed by atoms with E-state index in [1.54, 1.807) is 0 Å². The minimum atomic E-state index is -0.191. The van der Waals surface area contributed by atoms with Crippen molar-refractivity contribution in [2.45, 2.75) is 76.4 Å². The standard InChI is InChI=1S/C23H36O2S2/c1-7-21(4,23(8-2)26-13-14-27-23)15-19(25-6)22(5)16(3)9-10-17-11-12-18(24)20(17)22/h7,16,19H,1,8-15H2,2-6H3/t16-,19+,21+,22-/m0/s1. The molecule has 0 spiro atoms. The first-order chi connectivity index (χ1) is 12.8. The first kappa shape index (κ1) is 21.5. The normalized spacial score (nSPS) is 33.7. The molecule has 2 nitrogen and oxygen atoms in total. The Kier molecular flexibility index (Phi) is 6.31. The third-order valence-electron chi connectivity index (χ3n) is 7.83. The Morgan fingerprint density at radius 3 is 2.56 bits per heavy atom. The summed E-state index contributed by atoms with van der Waals surface area (Å²) in [5.41, 5.74) is 2.31. The van der Waals surface area contributed by atoms with Crippen LogP contribution in [0.4, 0.5) is 0 Å². The summed E-state index contributed by atoms with van der Waals surface area (Å²) in [5.74, 6) is 3.25. The van der Waals surface area contributed by atoms with Gasteiger partial charge in [-0.15, -0.1) is 30.1 Å². The van der Waals surface area contributed by atoms with E-state index in [4.69, 9.17) is 4.74 Å². The van der Waals surface area contributed by atoms with E-state index >= 15 is 0 Å². The molecule has 3 aliphatic rings. The van der Waals surface area contributed by atoms with Gasteiger partial charge in [0, 0.05) is 41.4 Å². The van der Waals surface area contributed by atoms with Crippen molar-refractivity contribution in [2.75, 3.05) is 18.6 Å². The summed E-state index contributed by atoms with van der Waals surface area (Å²) in [7, 11) is 1.84. The predicted octanol–water partition coefficient (Wildman–Crippen LogP) is 6.27. The Hall–Kier alpha value is -0.190. The predicted molar refractivity (Wildman–Crippen MR) is 119 cm³/mol. The molecule has 0 bridgehead atoms. The van der Waals surface area contributed by atoms with Crippen molar-refractivity contribution >= 4 is 29.3 Å². The monoisotopic (exact) mass is 408 g/mol. The maximum atomic E-state index is 12.9. The van der Waals surface area contributed by atoms with Crippen LogP contribution in [0, 0.1) is 16.7 Å². The molecule has 0 saturated carbocycles. The van der Waals surface area contributed by atoms with Crippen LogP contribution in [0.15, 0.2) is 23.8 Å². The van der Waals surface area contributed by atoms with E-state index < -0.39 is 0 Å². The van der Waals surface area contributed by atoms with Gasteiger partial charge in [-0.3, -0.25) is 4.79 Å². The number of carbonyl (C=O) groups is 1. The molecule has 2 aliphatic carbocycles. The summed E-state index contributed by atoms with van der Waals surface area (Å²) in [6.07, 6.45) is 8.19. The van der Waals surface area contributed by atoms with Gasteiger partial charge in [0.1, 0.15) is 0 Å². The molecule has 0 radical (unpaired) electrons. The average molecular weight is 409 g/mol. The maximum Gasteiger partial charge on any atom is 0.159 e. The zero-order chi connectivity index (χ0) is 19.9. The van der Waals surface area contributed by atoms with E-state index in [0.29, 0.717) is 18.1 Å². The molecule has 0 amide bonds. The van der Waals surface area contributed by atoms with Gasteiger partial charge in [0.25, 0.3) is 0 Å². The molecular weight excluding hydrogens is 372 g/mol. The molecule has 1 fully saturated rings. The molecule has 0 N–H and O–H groups in total. The summed E-state index contributed by atoms with van der Waals surface area (Å²) >= 11 is 4.19. The third-order valence-corrected chi connectivity index (χ3v) is 12.1. The van der Waals surface area contributed by atoms with Crippen LogP contribution in [0.2, 0.25) is 0 Å². The Morgan fingerprint density at radius 2 is 2.00 bits per heavy atom. The number of methoxy groups -OCH3 is 1. The van der Waals surface area contributed by atoms with Crippen LogP contribution in [0.25, 0.3) is 0 Å². The Morgan fingerprint density at radius 1 is 1.33 bits per heavy atom. The number of rotatable bonds is 7. The first-order valence-electron chi connectivity index (χ1n) is 10.5. The van der Waals surface area contributed by atoms with E-state index in [-0.39, 0.29) is 21.0 Å². The molecule has 27 heavy (non-hydrogen) atoms. The lowest BCUT2D eigenvalue weighted by Gasteiger charge is -2.51. The van der Waals surface area contributed by atoms with Crippen LogP contribution in [-0.4, -0.2) is 34.6 Å². The third kappa shape index (κ3) is 3.28. The van der Waals surface area contributed by atoms with E-state index in [1.165, 1.54) is 17.1 Å². The Balaban J connectivity index is 1.99. The molecule has 1 heterocycles. The molecule has 1 aliphatic heterocycles. The Bertz CT molecular complexity index is 634. The van der Waals surface area contributed by atoms with E-state index in [1.807, 2.05) is 7.11 Å². The second-order valence-corrected chi connectivity index (χ2v) is 12.0. The molecule has 3 rings (SSSR count). The molecular formula is C23H36O2S2. The van der Waals surface area contributed by atoms with Crippen molar-refractivity contribution in [3.05, 3.63) is 23.8 Å². The molecule has 4 heteroatoms. The van der Waals surface area contributed by atoms with Gasteiger partial charge < -0.3 is 4.74 Å². The van der Waals surface area contributed by atoms with Gasteiger partial charge in [-0.2, -0.15) is 0 Å². The second kappa shape index (κ2) is 7.91. The van der Waals surface area contributed by atoms with E-state index in [9.17, 15) is 4.79 Å². The van der Waals surface area contributed by atoms with Gasteiger partial charge in [0.2, 0.25) is 0 Å². The number of ketones is 1. The number of Topliss-reactive ketones (excluding diaryl/α,β-unsaturated/α-hetero) is 1. The van der Waals surface area contributed by atoms with Crippen LogP contribution in [-0.2, 0) is 9.53 Å². The average Bonchev–Trinajstić information content (AvgIpc) is 3.31. The molecule has 4 atom stereocenters. The number of allylic oxidation sites excluding steroid dienone is 2. The number of hydrogen-bond donors (Lipinski definition) is 0. The van der Waals surface area contributed by atoms with Crippen molar-refractivity contribution in [2.24, 2.45) is 16.7 Å². The molecule has 0 aromatic heterocycles. The highest BCUT2D eigenvalue weighted by atomic mass is 32.2. The topological polar surface area (TPSA) is 26.3 Å². The molecule has 0 aromatic rings. The van der Waals surface area contributed by atoms with Crippen molar-refractivity contribution in [3.8, 4) is 0 Å². The van der Waals surface area contributed by atoms with Crippen LogP contribution in [0.3, 0.4) is 0 Å². The second-order valence-electron chi connectivity index (χ2n) is 8.98. The van der Waals surface area contributed by atoms with Gasteiger partial charge >= 0.3 is 0 Å². The number of carbonyl (C=O) groups excluding carboxylic acids is 1. The summed E-state index contributed by atoms with van der Waals surface area (Å²) in [5, 5.41) is 0. The minimum Gasteiger partial charge on any atom is -0.380 e. The zero-order valence-corrected chi connectivity index (χ0v) is 19.4. The summed E-state index contributed by atoms with van der Waals surface area (Å²) in [6, 6.07) is 0.